The average molecular weight is 171 g/mol. The second-order valence-corrected chi connectivity index (χ2v) is 2.62. The summed E-state index contributed by atoms with van der Waals surface area (Å²) in [6.45, 7) is 1.63. The Kier molecular flexibility index (Phi) is 2.19. The van der Waals surface area contributed by atoms with Gasteiger partial charge in [-0.15, -0.1) is 0 Å². The van der Waals surface area contributed by atoms with Gasteiger partial charge in [0, 0.05) is 11.6 Å². The van der Waals surface area contributed by atoms with Gasteiger partial charge < -0.3 is 15.9 Å². The monoisotopic (exact) mass is 171 g/mol. The summed E-state index contributed by atoms with van der Waals surface area (Å²) < 4.78 is 12.6. The molecule has 3 nitrogen and oxygen atoms in total. The quantitative estimate of drug-likeness (QED) is 0.557. The molecular formula is C8H10FNO2. The molecule has 0 aliphatic rings. The normalized spacial score (nSPS) is 12.9. The van der Waals surface area contributed by atoms with Gasteiger partial charge in [0.25, 0.3) is 0 Å². The van der Waals surface area contributed by atoms with Gasteiger partial charge in [-0.1, -0.05) is 6.07 Å². The summed E-state index contributed by atoms with van der Waals surface area (Å²) in [7, 11) is 0. The van der Waals surface area contributed by atoms with Gasteiger partial charge in [-0.2, -0.15) is 0 Å². The first-order valence-electron chi connectivity index (χ1n) is 3.50. The maximum Gasteiger partial charge on any atom is 0.194 e. The SMILES string of the molecule is C[C@@H](N)c1ccc(F)c(O)c1O. The minimum absolute atomic E-state index is 0.328. The van der Waals surface area contributed by atoms with Crippen molar-refractivity contribution in [3.8, 4) is 11.5 Å². The summed E-state index contributed by atoms with van der Waals surface area (Å²) in [6.07, 6.45) is 0. The van der Waals surface area contributed by atoms with Crippen LogP contribution in [0.3, 0.4) is 0 Å². The van der Waals surface area contributed by atoms with Crippen molar-refractivity contribution < 1.29 is 14.6 Å². The molecular weight excluding hydrogens is 161 g/mol. The number of aromatic hydroxyl groups is 2. The number of hydrogen-bond acceptors (Lipinski definition) is 3. The van der Waals surface area contributed by atoms with E-state index in [0.717, 1.165) is 6.07 Å². The van der Waals surface area contributed by atoms with E-state index in [0.29, 0.717) is 5.56 Å². The molecule has 0 aliphatic carbocycles. The van der Waals surface area contributed by atoms with E-state index in [-0.39, 0.29) is 0 Å². The van der Waals surface area contributed by atoms with Gasteiger partial charge in [0.15, 0.2) is 17.3 Å². The molecule has 0 bridgehead atoms. The van der Waals surface area contributed by atoms with Gasteiger partial charge in [0.2, 0.25) is 0 Å². The molecule has 12 heavy (non-hydrogen) atoms. The highest BCUT2D eigenvalue weighted by Gasteiger charge is 2.13. The standard InChI is InChI=1S/C8H10FNO2/c1-4(10)5-2-3-6(9)8(12)7(5)11/h2-4,11-12H,10H2,1H3/t4-/m1/s1. The Morgan fingerprint density at radius 1 is 1.33 bits per heavy atom. The molecule has 1 aromatic rings. The van der Waals surface area contributed by atoms with Crippen molar-refractivity contribution in [1.29, 1.82) is 0 Å². The Hall–Kier alpha value is -1.29. The lowest BCUT2D eigenvalue weighted by Gasteiger charge is -2.09. The van der Waals surface area contributed by atoms with Gasteiger partial charge in [-0.05, 0) is 13.0 Å². The molecule has 0 saturated heterocycles. The predicted molar refractivity (Wildman–Crippen MR) is 42.3 cm³/mol. The highest BCUT2D eigenvalue weighted by atomic mass is 19.1. The number of phenolic OH excluding ortho intramolecular Hbond substituents is 2. The van der Waals surface area contributed by atoms with Gasteiger partial charge in [-0.25, -0.2) is 4.39 Å². The van der Waals surface area contributed by atoms with Crippen molar-refractivity contribution in [2.24, 2.45) is 5.73 Å². The van der Waals surface area contributed by atoms with Crippen LogP contribution in [0.15, 0.2) is 12.1 Å². The third-order valence-corrected chi connectivity index (χ3v) is 1.62. The lowest BCUT2D eigenvalue weighted by Crippen LogP contribution is -2.05. The van der Waals surface area contributed by atoms with Crippen LogP contribution in [0.2, 0.25) is 0 Å². The van der Waals surface area contributed by atoms with E-state index >= 15 is 0 Å². The number of phenols is 2. The van der Waals surface area contributed by atoms with Gasteiger partial charge >= 0.3 is 0 Å². The zero-order valence-corrected chi connectivity index (χ0v) is 6.58. The predicted octanol–water partition coefficient (Wildman–Crippen LogP) is 1.26. The topological polar surface area (TPSA) is 66.5 Å². The lowest BCUT2D eigenvalue weighted by molar-refractivity contribution is 0.373. The van der Waals surface area contributed by atoms with Gasteiger partial charge in [0.1, 0.15) is 0 Å². The molecule has 4 heteroatoms. The number of benzene rings is 1. The van der Waals surface area contributed by atoms with Crippen LogP contribution in [0, 0.1) is 5.82 Å². The Morgan fingerprint density at radius 3 is 2.42 bits per heavy atom. The molecule has 0 unspecified atom stereocenters. The molecule has 0 saturated carbocycles. The second kappa shape index (κ2) is 2.98. The Balaban J connectivity index is 3.27. The molecule has 0 aromatic heterocycles. The maximum atomic E-state index is 12.6. The number of halogens is 1. The number of rotatable bonds is 1. The first-order chi connectivity index (χ1) is 5.54. The average Bonchev–Trinajstić information content (AvgIpc) is 2.00. The molecule has 0 spiro atoms. The van der Waals surface area contributed by atoms with Crippen LogP contribution in [0.5, 0.6) is 11.5 Å². The summed E-state index contributed by atoms with van der Waals surface area (Å²) in [6, 6.07) is 1.97. The van der Waals surface area contributed by atoms with Crippen molar-refractivity contribution in [2.45, 2.75) is 13.0 Å². The van der Waals surface area contributed by atoms with E-state index in [4.69, 9.17) is 10.8 Å². The summed E-state index contributed by atoms with van der Waals surface area (Å²) in [5.41, 5.74) is 5.77. The molecule has 0 heterocycles. The van der Waals surface area contributed by atoms with Crippen LogP contribution < -0.4 is 5.73 Å². The Bertz CT molecular complexity index is 299. The van der Waals surface area contributed by atoms with E-state index in [1.165, 1.54) is 6.07 Å². The zero-order chi connectivity index (χ0) is 9.30. The van der Waals surface area contributed by atoms with E-state index in [2.05, 4.69) is 0 Å². The fraction of sp³-hybridized carbons (Fsp3) is 0.250. The third kappa shape index (κ3) is 1.33. The molecule has 1 atom stereocenters. The molecule has 0 amide bonds. The summed E-state index contributed by atoms with van der Waals surface area (Å²) >= 11 is 0. The van der Waals surface area contributed by atoms with Crippen molar-refractivity contribution in [1.82, 2.24) is 0 Å². The summed E-state index contributed by atoms with van der Waals surface area (Å²) in [4.78, 5) is 0. The molecule has 0 aliphatic heterocycles. The minimum Gasteiger partial charge on any atom is -0.504 e. The molecule has 0 fully saturated rings. The van der Waals surface area contributed by atoms with E-state index in [9.17, 15) is 9.50 Å². The van der Waals surface area contributed by atoms with Crippen LogP contribution in [0.25, 0.3) is 0 Å². The molecule has 1 aromatic carbocycles. The fourth-order valence-electron chi connectivity index (χ4n) is 0.938. The van der Waals surface area contributed by atoms with Crippen LogP contribution in [-0.2, 0) is 0 Å². The van der Waals surface area contributed by atoms with Crippen molar-refractivity contribution in [2.75, 3.05) is 0 Å². The first-order valence-corrected chi connectivity index (χ1v) is 3.50. The van der Waals surface area contributed by atoms with Crippen molar-refractivity contribution >= 4 is 0 Å². The zero-order valence-electron chi connectivity index (χ0n) is 6.58. The van der Waals surface area contributed by atoms with E-state index < -0.39 is 23.4 Å². The molecule has 66 valence electrons. The molecule has 0 radical (unpaired) electrons. The van der Waals surface area contributed by atoms with Crippen LogP contribution in [0.4, 0.5) is 4.39 Å². The number of hydrogen-bond donors (Lipinski definition) is 3. The van der Waals surface area contributed by atoms with Gasteiger partial charge in [0.05, 0.1) is 0 Å². The van der Waals surface area contributed by atoms with E-state index in [1.54, 1.807) is 6.92 Å². The van der Waals surface area contributed by atoms with Crippen molar-refractivity contribution in [3.05, 3.63) is 23.5 Å². The number of nitrogens with two attached hydrogens (primary N) is 1. The summed E-state index contributed by atoms with van der Waals surface area (Å²) in [5, 5.41) is 18.1. The van der Waals surface area contributed by atoms with Crippen LogP contribution >= 0.6 is 0 Å². The largest absolute Gasteiger partial charge is 0.504 e. The highest BCUT2D eigenvalue weighted by molar-refractivity contribution is 5.46. The van der Waals surface area contributed by atoms with Crippen LogP contribution in [0.1, 0.15) is 18.5 Å². The maximum absolute atomic E-state index is 12.6. The minimum atomic E-state index is -0.850. The fourth-order valence-corrected chi connectivity index (χ4v) is 0.938. The molecule has 4 N–H and O–H groups in total. The Morgan fingerprint density at radius 2 is 1.92 bits per heavy atom. The third-order valence-electron chi connectivity index (χ3n) is 1.62. The lowest BCUT2D eigenvalue weighted by atomic mass is 10.1. The van der Waals surface area contributed by atoms with E-state index in [1.807, 2.05) is 0 Å². The smallest absolute Gasteiger partial charge is 0.194 e. The summed E-state index contributed by atoms with van der Waals surface area (Å²) in [5.74, 6) is -2.08. The first kappa shape index (κ1) is 8.80. The van der Waals surface area contributed by atoms with Crippen molar-refractivity contribution in [3.63, 3.8) is 0 Å². The molecule has 1 rings (SSSR count). The van der Waals surface area contributed by atoms with Gasteiger partial charge in [-0.3, -0.25) is 0 Å². The Labute approximate surface area is 69.3 Å². The highest BCUT2D eigenvalue weighted by Crippen LogP contribution is 2.33. The van der Waals surface area contributed by atoms with Crippen LogP contribution in [-0.4, -0.2) is 10.2 Å². The second-order valence-electron chi connectivity index (χ2n) is 2.62.